The predicted molar refractivity (Wildman–Crippen MR) is 95.6 cm³/mol. The highest BCUT2D eigenvalue weighted by molar-refractivity contribution is 5.88. The number of carboxylic acid groups (broad SMARTS) is 1. The van der Waals surface area contributed by atoms with Gasteiger partial charge in [0.15, 0.2) is 0 Å². The van der Waals surface area contributed by atoms with Gasteiger partial charge in [-0.15, -0.1) is 13.2 Å². The van der Waals surface area contributed by atoms with Crippen LogP contribution in [0.15, 0.2) is 54.9 Å². The maximum Gasteiger partial charge on any atom is 0.573 e. The normalized spacial score (nSPS) is 11.1. The first-order chi connectivity index (χ1) is 13.2. The quantitative estimate of drug-likeness (QED) is 0.653. The number of halogens is 3. The number of nitrogens with zero attached hydrogens (tertiary/aromatic N) is 2. The van der Waals surface area contributed by atoms with Crippen molar-refractivity contribution in [3.05, 3.63) is 66.0 Å². The van der Waals surface area contributed by atoms with E-state index in [1.807, 2.05) is 0 Å². The minimum absolute atomic E-state index is 0.162. The van der Waals surface area contributed by atoms with Crippen molar-refractivity contribution >= 4 is 17.5 Å². The molecular formula is C19H14F3N3O3. The van der Waals surface area contributed by atoms with Gasteiger partial charge in [0.25, 0.3) is 0 Å². The molecule has 3 aromatic rings. The number of alkyl halides is 3. The molecule has 3 rings (SSSR count). The van der Waals surface area contributed by atoms with E-state index < -0.39 is 12.3 Å². The van der Waals surface area contributed by atoms with E-state index in [4.69, 9.17) is 5.11 Å². The number of carbonyl (C=O) groups is 1. The van der Waals surface area contributed by atoms with Crippen LogP contribution in [0, 0.1) is 6.92 Å². The number of carboxylic acids is 1. The van der Waals surface area contributed by atoms with Gasteiger partial charge >= 0.3 is 12.3 Å². The van der Waals surface area contributed by atoms with Gasteiger partial charge in [0.2, 0.25) is 0 Å². The second-order valence-corrected chi connectivity index (χ2v) is 5.78. The molecule has 2 N–H and O–H groups in total. The number of hydrogen-bond donors (Lipinski definition) is 2. The smallest absolute Gasteiger partial charge is 0.478 e. The summed E-state index contributed by atoms with van der Waals surface area (Å²) in [7, 11) is 0. The van der Waals surface area contributed by atoms with Gasteiger partial charge < -0.3 is 15.2 Å². The van der Waals surface area contributed by atoms with E-state index in [-0.39, 0.29) is 11.3 Å². The molecule has 0 spiro atoms. The average molecular weight is 389 g/mol. The number of hydrogen-bond acceptors (Lipinski definition) is 5. The predicted octanol–water partition coefficient (Wildman–Crippen LogP) is 4.79. The van der Waals surface area contributed by atoms with Crippen molar-refractivity contribution in [3.8, 4) is 17.0 Å². The number of aromatic carboxylic acids is 1. The summed E-state index contributed by atoms with van der Waals surface area (Å²) in [5.41, 5.74) is 2.69. The fraction of sp³-hybridized carbons (Fsp3) is 0.105. The van der Waals surface area contributed by atoms with E-state index in [9.17, 15) is 18.0 Å². The molecule has 0 atom stereocenters. The Morgan fingerprint density at radius 1 is 1.04 bits per heavy atom. The molecule has 2 aromatic carbocycles. The first kappa shape index (κ1) is 19.2. The molecule has 1 aromatic heterocycles. The largest absolute Gasteiger partial charge is 0.573 e. The van der Waals surface area contributed by atoms with Crippen LogP contribution < -0.4 is 10.1 Å². The van der Waals surface area contributed by atoms with E-state index in [2.05, 4.69) is 20.0 Å². The summed E-state index contributed by atoms with van der Waals surface area (Å²) in [4.78, 5) is 19.4. The van der Waals surface area contributed by atoms with Gasteiger partial charge in [-0.05, 0) is 43.3 Å². The first-order valence-corrected chi connectivity index (χ1v) is 8.01. The number of rotatable bonds is 5. The van der Waals surface area contributed by atoms with Crippen LogP contribution in [0.1, 0.15) is 15.9 Å². The third kappa shape index (κ3) is 4.56. The molecule has 0 bridgehead atoms. The Labute approximate surface area is 157 Å². The highest BCUT2D eigenvalue weighted by atomic mass is 19.4. The second kappa shape index (κ2) is 7.55. The zero-order valence-corrected chi connectivity index (χ0v) is 14.5. The Morgan fingerprint density at radius 3 is 2.25 bits per heavy atom. The topological polar surface area (TPSA) is 84.3 Å². The number of ether oxygens (including phenoxy) is 1. The Kier molecular flexibility index (Phi) is 5.16. The molecule has 144 valence electrons. The van der Waals surface area contributed by atoms with Gasteiger partial charge in [-0.25, -0.2) is 14.8 Å². The van der Waals surface area contributed by atoms with Gasteiger partial charge in [-0.2, -0.15) is 0 Å². The zero-order chi connectivity index (χ0) is 20.3. The summed E-state index contributed by atoms with van der Waals surface area (Å²) in [6, 6.07) is 11.5. The Bertz CT molecular complexity index is 988. The number of nitrogens with one attached hydrogen (secondary N) is 1. The Balaban J connectivity index is 1.82. The van der Waals surface area contributed by atoms with Crippen LogP contribution in [0.25, 0.3) is 11.3 Å². The van der Waals surface area contributed by atoms with Gasteiger partial charge in [0.05, 0.1) is 11.3 Å². The lowest BCUT2D eigenvalue weighted by Crippen LogP contribution is -2.17. The van der Waals surface area contributed by atoms with Crippen molar-refractivity contribution in [1.29, 1.82) is 0 Å². The zero-order valence-electron chi connectivity index (χ0n) is 14.5. The molecule has 0 aliphatic carbocycles. The molecule has 0 radical (unpaired) electrons. The third-order valence-electron chi connectivity index (χ3n) is 3.84. The lowest BCUT2D eigenvalue weighted by molar-refractivity contribution is -0.274. The fourth-order valence-electron chi connectivity index (χ4n) is 2.51. The summed E-state index contributed by atoms with van der Waals surface area (Å²) in [6.45, 7) is 1.78. The van der Waals surface area contributed by atoms with Crippen LogP contribution in [0.2, 0.25) is 0 Å². The summed E-state index contributed by atoms with van der Waals surface area (Å²) >= 11 is 0. The summed E-state index contributed by atoms with van der Waals surface area (Å²) in [5.74, 6) is -0.875. The van der Waals surface area contributed by atoms with Crippen LogP contribution in [-0.4, -0.2) is 27.4 Å². The van der Waals surface area contributed by atoms with Crippen LogP contribution in [0.3, 0.4) is 0 Å². The molecule has 28 heavy (non-hydrogen) atoms. The van der Waals surface area contributed by atoms with Crippen molar-refractivity contribution in [3.63, 3.8) is 0 Å². The van der Waals surface area contributed by atoms with Crippen molar-refractivity contribution in [2.24, 2.45) is 0 Å². The summed E-state index contributed by atoms with van der Waals surface area (Å²) in [5, 5.41) is 12.0. The molecule has 0 unspecified atom stereocenters. The van der Waals surface area contributed by atoms with Gasteiger partial charge in [-0.1, -0.05) is 12.1 Å². The minimum atomic E-state index is -4.75. The molecule has 1 heterocycles. The highest BCUT2D eigenvalue weighted by Crippen LogP contribution is 2.28. The monoisotopic (exact) mass is 389 g/mol. The van der Waals surface area contributed by atoms with Gasteiger partial charge in [0.1, 0.15) is 17.9 Å². The molecule has 0 saturated heterocycles. The van der Waals surface area contributed by atoms with E-state index in [0.717, 1.165) is 0 Å². The third-order valence-corrected chi connectivity index (χ3v) is 3.84. The van der Waals surface area contributed by atoms with Crippen LogP contribution >= 0.6 is 0 Å². The van der Waals surface area contributed by atoms with Crippen molar-refractivity contribution < 1.29 is 27.8 Å². The van der Waals surface area contributed by atoms with E-state index >= 15 is 0 Å². The Hall–Kier alpha value is -3.62. The molecular weight excluding hydrogens is 375 g/mol. The first-order valence-electron chi connectivity index (χ1n) is 8.01. The molecule has 0 aliphatic heterocycles. The maximum atomic E-state index is 12.2. The van der Waals surface area contributed by atoms with E-state index in [0.29, 0.717) is 28.3 Å². The number of aromatic nitrogens is 2. The highest BCUT2D eigenvalue weighted by Gasteiger charge is 2.30. The van der Waals surface area contributed by atoms with Crippen LogP contribution in [0.4, 0.5) is 24.7 Å². The summed E-state index contributed by atoms with van der Waals surface area (Å²) in [6.07, 6.45) is -3.40. The fourth-order valence-corrected chi connectivity index (χ4v) is 2.51. The molecule has 0 amide bonds. The SMILES string of the molecule is Cc1c(Nc2ccc(OC(F)(F)F)cc2)ncnc1-c1ccc(C(=O)O)cc1. The lowest BCUT2D eigenvalue weighted by Gasteiger charge is -2.13. The molecule has 9 heteroatoms. The van der Waals surface area contributed by atoms with Crippen LogP contribution in [-0.2, 0) is 0 Å². The van der Waals surface area contributed by atoms with Crippen molar-refractivity contribution in [1.82, 2.24) is 9.97 Å². The molecule has 6 nitrogen and oxygen atoms in total. The van der Waals surface area contributed by atoms with Crippen molar-refractivity contribution in [2.45, 2.75) is 13.3 Å². The number of benzene rings is 2. The van der Waals surface area contributed by atoms with E-state index in [1.54, 1.807) is 19.1 Å². The second-order valence-electron chi connectivity index (χ2n) is 5.78. The molecule has 0 saturated carbocycles. The standard InChI is InChI=1S/C19H14F3N3O3/c1-11-16(12-2-4-13(5-3-12)18(26)27)23-10-24-17(11)25-14-6-8-15(9-7-14)28-19(20,21)22/h2-10H,1H3,(H,26,27)(H,23,24,25). The number of anilines is 2. The average Bonchev–Trinajstić information content (AvgIpc) is 2.64. The van der Waals surface area contributed by atoms with Crippen LogP contribution in [0.5, 0.6) is 5.75 Å². The minimum Gasteiger partial charge on any atom is -0.478 e. The lowest BCUT2D eigenvalue weighted by atomic mass is 10.1. The summed E-state index contributed by atoms with van der Waals surface area (Å²) < 4.78 is 40.5. The van der Waals surface area contributed by atoms with E-state index in [1.165, 1.54) is 42.7 Å². The molecule has 0 fully saturated rings. The van der Waals surface area contributed by atoms with Crippen molar-refractivity contribution in [2.75, 3.05) is 5.32 Å². The molecule has 0 aliphatic rings. The van der Waals surface area contributed by atoms with Gasteiger partial charge in [0, 0.05) is 16.8 Å². The Morgan fingerprint density at radius 2 is 1.68 bits per heavy atom. The maximum absolute atomic E-state index is 12.2. The van der Waals surface area contributed by atoms with Gasteiger partial charge in [-0.3, -0.25) is 0 Å².